The Bertz CT molecular complexity index is 555. The smallest absolute Gasteiger partial charge is 0.329 e. The van der Waals surface area contributed by atoms with E-state index >= 15 is 0 Å². The van der Waals surface area contributed by atoms with Crippen LogP contribution in [0.3, 0.4) is 0 Å². The SMILES string of the molecule is C=CCNC(=O)C(=O)N/N=C\c1ccc(O)c(OCC)c1. The lowest BCUT2D eigenvalue weighted by molar-refractivity contribution is -0.139. The number of nitrogens with one attached hydrogen (secondary N) is 2. The van der Waals surface area contributed by atoms with Crippen molar-refractivity contribution in [2.24, 2.45) is 5.10 Å². The molecule has 0 saturated heterocycles. The van der Waals surface area contributed by atoms with Crippen LogP contribution in [0.5, 0.6) is 11.5 Å². The molecule has 0 aromatic heterocycles. The number of aromatic hydroxyl groups is 1. The summed E-state index contributed by atoms with van der Waals surface area (Å²) in [6, 6.07) is 4.60. The van der Waals surface area contributed by atoms with Crippen LogP contribution in [-0.4, -0.2) is 36.3 Å². The zero-order valence-corrected chi connectivity index (χ0v) is 11.6. The first-order valence-corrected chi connectivity index (χ1v) is 6.26. The molecule has 1 rings (SSSR count). The monoisotopic (exact) mass is 291 g/mol. The molecule has 0 aliphatic rings. The summed E-state index contributed by atoms with van der Waals surface area (Å²) in [4.78, 5) is 22.6. The van der Waals surface area contributed by atoms with E-state index in [2.05, 4.69) is 22.4 Å². The number of phenols is 1. The third kappa shape index (κ3) is 5.35. The van der Waals surface area contributed by atoms with Gasteiger partial charge in [0.2, 0.25) is 0 Å². The van der Waals surface area contributed by atoms with Crippen LogP contribution in [0, 0.1) is 0 Å². The van der Waals surface area contributed by atoms with Gasteiger partial charge in [0.05, 0.1) is 12.8 Å². The van der Waals surface area contributed by atoms with Crippen molar-refractivity contribution in [3.63, 3.8) is 0 Å². The second-order valence-electron chi connectivity index (χ2n) is 3.86. The van der Waals surface area contributed by atoms with Gasteiger partial charge >= 0.3 is 11.8 Å². The Hall–Kier alpha value is -2.83. The topological polar surface area (TPSA) is 100 Å². The standard InChI is InChI=1S/C14H17N3O4/c1-3-7-15-13(19)14(20)17-16-9-10-5-6-11(18)12(8-10)21-4-2/h3,5-6,8-9,18H,1,4,7H2,2H3,(H,15,19)(H,17,20)/b16-9-. The van der Waals surface area contributed by atoms with Gasteiger partial charge < -0.3 is 15.2 Å². The van der Waals surface area contributed by atoms with Crippen LogP contribution in [0.2, 0.25) is 0 Å². The van der Waals surface area contributed by atoms with Crippen molar-refractivity contribution >= 4 is 18.0 Å². The van der Waals surface area contributed by atoms with E-state index in [0.717, 1.165) is 0 Å². The lowest BCUT2D eigenvalue weighted by atomic mass is 10.2. The Morgan fingerprint density at radius 1 is 1.43 bits per heavy atom. The summed E-state index contributed by atoms with van der Waals surface area (Å²) in [7, 11) is 0. The number of amides is 2. The highest BCUT2D eigenvalue weighted by Crippen LogP contribution is 2.25. The number of hydrogen-bond acceptors (Lipinski definition) is 5. The van der Waals surface area contributed by atoms with Gasteiger partial charge in [0.25, 0.3) is 0 Å². The van der Waals surface area contributed by atoms with Gasteiger partial charge in [-0.25, -0.2) is 5.43 Å². The van der Waals surface area contributed by atoms with Crippen LogP contribution in [0.4, 0.5) is 0 Å². The summed E-state index contributed by atoms with van der Waals surface area (Å²) in [5, 5.41) is 15.5. The Balaban J connectivity index is 2.60. The maximum Gasteiger partial charge on any atom is 0.329 e. The molecule has 0 aliphatic heterocycles. The van der Waals surface area contributed by atoms with Crippen LogP contribution >= 0.6 is 0 Å². The van der Waals surface area contributed by atoms with Crippen LogP contribution in [0.25, 0.3) is 0 Å². The van der Waals surface area contributed by atoms with Crippen molar-refractivity contribution in [3.8, 4) is 11.5 Å². The first-order chi connectivity index (χ1) is 10.1. The van der Waals surface area contributed by atoms with Crippen LogP contribution in [0.1, 0.15) is 12.5 Å². The molecule has 7 nitrogen and oxygen atoms in total. The van der Waals surface area contributed by atoms with Crippen molar-refractivity contribution in [2.45, 2.75) is 6.92 Å². The molecule has 2 amide bonds. The van der Waals surface area contributed by atoms with Gasteiger partial charge in [-0.15, -0.1) is 6.58 Å². The summed E-state index contributed by atoms with van der Waals surface area (Å²) in [5.74, 6) is -1.34. The molecule has 3 N–H and O–H groups in total. The summed E-state index contributed by atoms with van der Waals surface area (Å²) >= 11 is 0. The largest absolute Gasteiger partial charge is 0.504 e. The molecule has 21 heavy (non-hydrogen) atoms. The molecule has 0 spiro atoms. The number of hydrazone groups is 1. The van der Waals surface area contributed by atoms with Crippen molar-refractivity contribution in [3.05, 3.63) is 36.4 Å². The van der Waals surface area contributed by atoms with E-state index in [-0.39, 0.29) is 12.3 Å². The van der Waals surface area contributed by atoms with Gasteiger partial charge in [-0.05, 0) is 30.7 Å². The zero-order chi connectivity index (χ0) is 15.7. The molecule has 1 aromatic rings. The van der Waals surface area contributed by atoms with E-state index in [4.69, 9.17) is 4.74 Å². The molecule has 0 radical (unpaired) electrons. The van der Waals surface area contributed by atoms with Crippen molar-refractivity contribution in [2.75, 3.05) is 13.2 Å². The zero-order valence-electron chi connectivity index (χ0n) is 11.6. The summed E-state index contributed by atoms with van der Waals surface area (Å²) in [5.41, 5.74) is 2.69. The summed E-state index contributed by atoms with van der Waals surface area (Å²) in [6.07, 6.45) is 2.79. The third-order valence-electron chi connectivity index (χ3n) is 2.28. The molecule has 0 atom stereocenters. The molecule has 0 saturated carbocycles. The van der Waals surface area contributed by atoms with Crippen LogP contribution in [0.15, 0.2) is 36.0 Å². The first kappa shape index (κ1) is 16.2. The highest BCUT2D eigenvalue weighted by Gasteiger charge is 2.10. The number of ether oxygens (including phenoxy) is 1. The molecular formula is C14H17N3O4. The van der Waals surface area contributed by atoms with Gasteiger partial charge in [-0.2, -0.15) is 5.10 Å². The van der Waals surface area contributed by atoms with Crippen LogP contribution in [-0.2, 0) is 9.59 Å². The van der Waals surface area contributed by atoms with Gasteiger partial charge in [-0.3, -0.25) is 9.59 Å². The van der Waals surface area contributed by atoms with Crippen molar-refractivity contribution < 1.29 is 19.4 Å². The van der Waals surface area contributed by atoms with E-state index in [1.54, 1.807) is 19.1 Å². The Morgan fingerprint density at radius 3 is 2.86 bits per heavy atom. The molecule has 0 fully saturated rings. The van der Waals surface area contributed by atoms with E-state index < -0.39 is 11.8 Å². The molecule has 112 valence electrons. The van der Waals surface area contributed by atoms with Gasteiger partial charge in [0.1, 0.15) is 0 Å². The van der Waals surface area contributed by atoms with E-state index in [1.165, 1.54) is 18.4 Å². The van der Waals surface area contributed by atoms with Crippen molar-refractivity contribution in [1.82, 2.24) is 10.7 Å². The van der Waals surface area contributed by atoms with E-state index in [1.807, 2.05) is 0 Å². The van der Waals surface area contributed by atoms with Crippen molar-refractivity contribution in [1.29, 1.82) is 0 Å². The lowest BCUT2D eigenvalue weighted by Crippen LogP contribution is -2.37. The fraction of sp³-hybridized carbons (Fsp3) is 0.214. The molecule has 0 heterocycles. The minimum atomic E-state index is -0.878. The maximum atomic E-state index is 11.3. The van der Waals surface area contributed by atoms with Gasteiger partial charge in [-0.1, -0.05) is 6.08 Å². The van der Waals surface area contributed by atoms with E-state index in [0.29, 0.717) is 17.9 Å². The average molecular weight is 291 g/mol. The van der Waals surface area contributed by atoms with Crippen LogP contribution < -0.4 is 15.5 Å². The number of rotatable bonds is 6. The third-order valence-corrected chi connectivity index (χ3v) is 2.28. The normalized spacial score (nSPS) is 10.1. The lowest BCUT2D eigenvalue weighted by Gasteiger charge is -2.06. The quantitative estimate of drug-likeness (QED) is 0.308. The fourth-order valence-corrected chi connectivity index (χ4v) is 1.34. The number of benzene rings is 1. The molecular weight excluding hydrogens is 274 g/mol. The minimum absolute atomic E-state index is 0.0156. The second kappa shape index (κ2) is 8.36. The van der Waals surface area contributed by atoms with E-state index in [9.17, 15) is 14.7 Å². The second-order valence-corrected chi connectivity index (χ2v) is 3.86. The number of phenolic OH excluding ortho intramolecular Hbond substituents is 1. The molecule has 0 unspecified atom stereocenters. The summed E-state index contributed by atoms with van der Waals surface area (Å²) < 4.78 is 5.21. The Morgan fingerprint density at radius 2 is 2.19 bits per heavy atom. The minimum Gasteiger partial charge on any atom is -0.504 e. The molecule has 0 bridgehead atoms. The van der Waals surface area contributed by atoms with Gasteiger partial charge in [0.15, 0.2) is 11.5 Å². The first-order valence-electron chi connectivity index (χ1n) is 6.26. The average Bonchev–Trinajstić information content (AvgIpc) is 2.48. The fourth-order valence-electron chi connectivity index (χ4n) is 1.34. The predicted molar refractivity (Wildman–Crippen MR) is 78.2 cm³/mol. The number of hydrogen-bond donors (Lipinski definition) is 3. The maximum absolute atomic E-state index is 11.3. The molecule has 1 aromatic carbocycles. The number of carbonyl (C=O) groups is 2. The predicted octanol–water partition coefficient (Wildman–Crippen LogP) is 0.543. The van der Waals surface area contributed by atoms with Gasteiger partial charge in [0, 0.05) is 6.54 Å². The number of carbonyl (C=O) groups excluding carboxylic acids is 2. The highest BCUT2D eigenvalue weighted by atomic mass is 16.5. The molecule has 0 aliphatic carbocycles. The number of nitrogens with zero attached hydrogens (tertiary/aromatic N) is 1. The highest BCUT2D eigenvalue weighted by molar-refractivity contribution is 6.35. The Labute approximate surface area is 122 Å². The molecule has 7 heteroatoms. The summed E-state index contributed by atoms with van der Waals surface area (Å²) in [6.45, 7) is 5.82. The Kier molecular flexibility index (Phi) is 6.46.